The molecule has 105 valence electrons. The van der Waals surface area contributed by atoms with Crippen LogP contribution in [0.4, 0.5) is 0 Å². The highest BCUT2D eigenvalue weighted by Crippen LogP contribution is 2.09. The molecule has 1 aromatic carbocycles. The molecule has 1 fully saturated rings. The zero-order valence-corrected chi connectivity index (χ0v) is 12.2. The Labute approximate surface area is 118 Å². The number of nitrogens with zero attached hydrogens (tertiary/aromatic N) is 2. The van der Waals surface area contributed by atoms with E-state index in [0.717, 1.165) is 13.1 Å². The van der Waals surface area contributed by atoms with Crippen LogP contribution in [-0.4, -0.2) is 42.5 Å². The molecule has 0 bridgehead atoms. The van der Waals surface area contributed by atoms with E-state index < -0.39 is 0 Å². The summed E-state index contributed by atoms with van der Waals surface area (Å²) in [6.07, 6.45) is 6.27. The summed E-state index contributed by atoms with van der Waals surface area (Å²) in [5.41, 5.74) is 1.43. The first-order valence-electron chi connectivity index (χ1n) is 7.69. The lowest BCUT2D eigenvalue weighted by molar-refractivity contribution is 0.217. The quantitative estimate of drug-likeness (QED) is 0.742. The third-order valence-corrected chi connectivity index (χ3v) is 3.94. The van der Waals surface area contributed by atoms with Crippen LogP contribution in [0.5, 0.6) is 0 Å². The number of hydrogen-bond donors (Lipinski definition) is 0. The maximum absolute atomic E-state index is 2.61. The van der Waals surface area contributed by atoms with Gasteiger partial charge in [-0.2, -0.15) is 0 Å². The lowest BCUT2D eigenvalue weighted by atomic mass is 10.1. The van der Waals surface area contributed by atoms with Gasteiger partial charge in [0.05, 0.1) is 0 Å². The third kappa shape index (κ3) is 5.33. The molecule has 0 spiro atoms. The van der Waals surface area contributed by atoms with Crippen LogP contribution in [0.2, 0.25) is 0 Å². The van der Waals surface area contributed by atoms with Gasteiger partial charge in [0.1, 0.15) is 0 Å². The highest BCUT2D eigenvalue weighted by Gasteiger charge is 2.10. The van der Waals surface area contributed by atoms with E-state index in [1.54, 1.807) is 0 Å². The second-order valence-electron chi connectivity index (χ2n) is 5.42. The molecule has 1 radical (unpaired) electrons. The van der Waals surface area contributed by atoms with Crippen LogP contribution in [-0.2, 0) is 6.54 Å². The average Bonchev–Trinajstić information content (AvgIpc) is 2.48. The Bertz CT molecular complexity index is 330. The highest BCUT2D eigenvalue weighted by atomic mass is 15.1. The van der Waals surface area contributed by atoms with Crippen molar-refractivity contribution < 1.29 is 0 Å². The minimum atomic E-state index is 1.09. The van der Waals surface area contributed by atoms with E-state index in [-0.39, 0.29) is 0 Å². The molecular weight excluding hydrogens is 232 g/mol. The number of likely N-dealkylation sites (tertiary alicyclic amines) is 1. The van der Waals surface area contributed by atoms with Gasteiger partial charge in [0, 0.05) is 6.54 Å². The first-order valence-corrected chi connectivity index (χ1v) is 7.69. The van der Waals surface area contributed by atoms with E-state index in [0.29, 0.717) is 0 Å². The van der Waals surface area contributed by atoms with E-state index in [4.69, 9.17) is 0 Å². The van der Waals surface area contributed by atoms with Crippen molar-refractivity contribution in [1.82, 2.24) is 9.80 Å². The SMILES string of the molecule is CCN(CCCN1CC[CH]CC1)Cc1ccccc1. The molecule has 0 saturated carbocycles. The fourth-order valence-corrected chi connectivity index (χ4v) is 2.74. The Morgan fingerprint density at radius 3 is 2.53 bits per heavy atom. The predicted molar refractivity (Wildman–Crippen MR) is 82.0 cm³/mol. The van der Waals surface area contributed by atoms with Crippen LogP contribution < -0.4 is 0 Å². The molecule has 1 heterocycles. The summed E-state index contributed by atoms with van der Waals surface area (Å²) in [7, 11) is 0. The lowest BCUT2D eigenvalue weighted by Crippen LogP contribution is -2.33. The van der Waals surface area contributed by atoms with Gasteiger partial charge in [-0.3, -0.25) is 4.90 Å². The van der Waals surface area contributed by atoms with Crippen LogP contribution in [0, 0.1) is 6.42 Å². The number of rotatable bonds is 7. The molecule has 2 rings (SSSR count). The largest absolute Gasteiger partial charge is 0.303 e. The second-order valence-corrected chi connectivity index (χ2v) is 5.42. The Morgan fingerprint density at radius 2 is 1.84 bits per heavy atom. The van der Waals surface area contributed by atoms with Crippen molar-refractivity contribution in [3.63, 3.8) is 0 Å². The lowest BCUT2D eigenvalue weighted by Gasteiger charge is -2.27. The molecule has 0 atom stereocenters. The third-order valence-electron chi connectivity index (χ3n) is 3.94. The van der Waals surface area contributed by atoms with Crippen LogP contribution in [0.1, 0.15) is 31.7 Å². The van der Waals surface area contributed by atoms with Crippen molar-refractivity contribution >= 4 is 0 Å². The van der Waals surface area contributed by atoms with Crippen LogP contribution in [0.25, 0.3) is 0 Å². The van der Waals surface area contributed by atoms with Gasteiger partial charge >= 0.3 is 0 Å². The molecule has 19 heavy (non-hydrogen) atoms. The van der Waals surface area contributed by atoms with Crippen molar-refractivity contribution in [1.29, 1.82) is 0 Å². The van der Waals surface area contributed by atoms with Gasteiger partial charge in [-0.05, 0) is 64.0 Å². The standard InChI is InChI=1S/C17H27N2/c1-2-18(16-17-10-5-3-6-11-17)14-9-15-19-12-7-4-8-13-19/h3-6,10-11H,2,7-9,12-16H2,1H3. The minimum absolute atomic E-state index is 1.09. The first kappa shape index (κ1) is 14.5. The molecule has 1 aliphatic heterocycles. The summed E-state index contributed by atoms with van der Waals surface area (Å²) in [6.45, 7) is 9.51. The summed E-state index contributed by atoms with van der Waals surface area (Å²) >= 11 is 0. The topological polar surface area (TPSA) is 6.48 Å². The van der Waals surface area contributed by atoms with Crippen LogP contribution in [0.15, 0.2) is 30.3 Å². The first-order chi connectivity index (χ1) is 9.38. The van der Waals surface area contributed by atoms with E-state index >= 15 is 0 Å². The molecule has 0 aromatic heterocycles. The Hall–Kier alpha value is -0.860. The van der Waals surface area contributed by atoms with Crippen molar-refractivity contribution in [3.8, 4) is 0 Å². The average molecular weight is 259 g/mol. The summed E-state index contributed by atoms with van der Waals surface area (Å²) < 4.78 is 0. The number of benzene rings is 1. The highest BCUT2D eigenvalue weighted by molar-refractivity contribution is 5.14. The van der Waals surface area contributed by atoms with E-state index in [1.165, 1.54) is 51.0 Å². The molecule has 0 aliphatic carbocycles. The van der Waals surface area contributed by atoms with E-state index in [1.807, 2.05) is 0 Å². The van der Waals surface area contributed by atoms with Crippen molar-refractivity contribution in [2.45, 2.75) is 32.7 Å². The van der Waals surface area contributed by atoms with Gasteiger partial charge in [0.25, 0.3) is 0 Å². The summed E-state index contributed by atoms with van der Waals surface area (Å²) in [5, 5.41) is 0. The fourth-order valence-electron chi connectivity index (χ4n) is 2.74. The molecule has 2 nitrogen and oxygen atoms in total. The van der Waals surface area contributed by atoms with E-state index in [2.05, 4.69) is 53.5 Å². The second kappa shape index (κ2) is 8.34. The van der Waals surface area contributed by atoms with Gasteiger partial charge in [-0.15, -0.1) is 0 Å². The van der Waals surface area contributed by atoms with Gasteiger partial charge in [0.2, 0.25) is 0 Å². The number of hydrogen-bond acceptors (Lipinski definition) is 2. The van der Waals surface area contributed by atoms with Crippen molar-refractivity contribution in [2.75, 3.05) is 32.7 Å². The summed E-state index contributed by atoms with van der Waals surface area (Å²) in [5.74, 6) is 0. The Kier molecular flexibility index (Phi) is 6.38. The normalized spacial score (nSPS) is 16.9. The van der Waals surface area contributed by atoms with Crippen molar-refractivity contribution in [2.24, 2.45) is 0 Å². The summed E-state index contributed by atoms with van der Waals surface area (Å²) in [4.78, 5) is 5.15. The number of piperidine rings is 1. The molecule has 1 saturated heterocycles. The Balaban J connectivity index is 1.67. The predicted octanol–water partition coefficient (Wildman–Crippen LogP) is 3.20. The fraction of sp³-hybridized carbons (Fsp3) is 0.588. The molecule has 1 aromatic rings. The van der Waals surface area contributed by atoms with Gasteiger partial charge in [-0.1, -0.05) is 37.3 Å². The molecule has 0 amide bonds. The molecule has 2 heteroatoms. The van der Waals surface area contributed by atoms with E-state index in [9.17, 15) is 0 Å². The minimum Gasteiger partial charge on any atom is -0.303 e. The van der Waals surface area contributed by atoms with Crippen LogP contribution in [0.3, 0.4) is 0 Å². The zero-order chi connectivity index (χ0) is 13.3. The molecule has 0 N–H and O–H groups in total. The maximum Gasteiger partial charge on any atom is 0.0233 e. The van der Waals surface area contributed by atoms with Gasteiger partial charge in [0.15, 0.2) is 0 Å². The maximum atomic E-state index is 2.61. The zero-order valence-electron chi connectivity index (χ0n) is 12.2. The van der Waals surface area contributed by atoms with Crippen molar-refractivity contribution in [3.05, 3.63) is 42.3 Å². The van der Waals surface area contributed by atoms with Gasteiger partial charge in [-0.25, -0.2) is 0 Å². The monoisotopic (exact) mass is 259 g/mol. The van der Waals surface area contributed by atoms with Crippen LogP contribution >= 0.6 is 0 Å². The smallest absolute Gasteiger partial charge is 0.0233 e. The molecular formula is C17H27N2. The molecule has 1 aliphatic rings. The Morgan fingerprint density at radius 1 is 1.11 bits per heavy atom. The molecule has 0 unspecified atom stereocenters. The summed E-state index contributed by atoms with van der Waals surface area (Å²) in [6, 6.07) is 10.8. The van der Waals surface area contributed by atoms with Gasteiger partial charge < -0.3 is 4.90 Å².